The van der Waals surface area contributed by atoms with Gasteiger partial charge < -0.3 is 10.4 Å². The minimum Gasteiger partial charge on any atom is -0.507 e. The molecule has 1 amide bonds. The summed E-state index contributed by atoms with van der Waals surface area (Å²) >= 11 is 0. The van der Waals surface area contributed by atoms with Crippen LogP contribution in [0.15, 0.2) is 65.5 Å². The minimum absolute atomic E-state index is 0.141. The van der Waals surface area contributed by atoms with Crippen molar-refractivity contribution in [2.45, 2.75) is 13.5 Å². The first-order chi connectivity index (χ1) is 13.0. The number of phenolic OH excluding ortho intramolecular Hbond substituents is 1. The number of carbonyl (C=O) groups is 1. The fourth-order valence-corrected chi connectivity index (χ4v) is 3.19. The van der Waals surface area contributed by atoms with E-state index >= 15 is 0 Å². The monoisotopic (exact) mass is 359 g/mol. The van der Waals surface area contributed by atoms with Crippen molar-refractivity contribution in [1.82, 2.24) is 9.55 Å². The second-order valence-electron chi connectivity index (χ2n) is 6.29. The topological polar surface area (TPSA) is 84.2 Å². The van der Waals surface area contributed by atoms with Gasteiger partial charge in [-0.05, 0) is 31.2 Å². The summed E-state index contributed by atoms with van der Waals surface area (Å²) in [5.41, 5.74) is 0.942. The van der Waals surface area contributed by atoms with Gasteiger partial charge in [0.25, 0.3) is 5.56 Å². The van der Waals surface area contributed by atoms with Crippen molar-refractivity contribution in [2.24, 2.45) is 0 Å². The Morgan fingerprint density at radius 3 is 2.44 bits per heavy atom. The van der Waals surface area contributed by atoms with Crippen LogP contribution in [0.5, 0.6) is 5.75 Å². The molecular weight excluding hydrogens is 342 g/mol. The van der Waals surface area contributed by atoms with E-state index in [0.717, 1.165) is 5.39 Å². The van der Waals surface area contributed by atoms with Crippen LogP contribution in [-0.4, -0.2) is 20.6 Å². The van der Waals surface area contributed by atoms with Gasteiger partial charge in [-0.3, -0.25) is 14.2 Å². The summed E-state index contributed by atoms with van der Waals surface area (Å²) in [5.74, 6) is 0.284. The molecule has 27 heavy (non-hydrogen) atoms. The molecular formula is C21H17N3O3. The summed E-state index contributed by atoms with van der Waals surface area (Å²) in [6.45, 7) is 1.56. The number of hydrogen-bond donors (Lipinski definition) is 2. The van der Waals surface area contributed by atoms with Crippen molar-refractivity contribution in [3.05, 3.63) is 76.8 Å². The maximum absolute atomic E-state index is 12.7. The molecule has 0 saturated carbocycles. The van der Waals surface area contributed by atoms with Gasteiger partial charge in [0.1, 0.15) is 18.1 Å². The van der Waals surface area contributed by atoms with E-state index in [4.69, 9.17) is 0 Å². The number of amides is 1. The molecule has 2 N–H and O–H groups in total. The molecule has 0 aliphatic carbocycles. The summed E-state index contributed by atoms with van der Waals surface area (Å²) in [4.78, 5) is 29.7. The van der Waals surface area contributed by atoms with Crippen LogP contribution < -0.4 is 10.9 Å². The van der Waals surface area contributed by atoms with Gasteiger partial charge in [0, 0.05) is 16.5 Å². The molecule has 1 aromatic heterocycles. The van der Waals surface area contributed by atoms with Crippen LogP contribution in [-0.2, 0) is 11.3 Å². The molecule has 0 aliphatic rings. The lowest BCUT2D eigenvalue weighted by Gasteiger charge is -2.13. The fraction of sp³-hybridized carbons (Fsp3) is 0.0952. The highest BCUT2D eigenvalue weighted by Crippen LogP contribution is 2.30. The Bertz CT molecular complexity index is 1240. The van der Waals surface area contributed by atoms with E-state index in [1.54, 1.807) is 37.3 Å². The Labute approximate surface area is 154 Å². The quantitative estimate of drug-likeness (QED) is 0.550. The first-order valence-corrected chi connectivity index (χ1v) is 8.51. The van der Waals surface area contributed by atoms with Crippen molar-refractivity contribution in [2.75, 3.05) is 5.32 Å². The molecule has 134 valence electrons. The Morgan fingerprint density at radius 2 is 1.67 bits per heavy atom. The van der Waals surface area contributed by atoms with Crippen molar-refractivity contribution in [1.29, 1.82) is 0 Å². The van der Waals surface area contributed by atoms with Gasteiger partial charge in [0.05, 0.1) is 10.9 Å². The molecule has 4 rings (SSSR count). The van der Waals surface area contributed by atoms with Gasteiger partial charge in [-0.25, -0.2) is 4.98 Å². The van der Waals surface area contributed by atoms with Gasteiger partial charge in [-0.2, -0.15) is 0 Å². The third-order valence-corrected chi connectivity index (χ3v) is 4.53. The van der Waals surface area contributed by atoms with E-state index in [-0.39, 0.29) is 23.8 Å². The normalized spacial score (nSPS) is 11.0. The van der Waals surface area contributed by atoms with Crippen LogP contribution in [0, 0.1) is 6.92 Å². The van der Waals surface area contributed by atoms with Crippen molar-refractivity contribution >= 4 is 33.3 Å². The molecule has 6 heteroatoms. The molecule has 0 atom stereocenters. The number of aromatic hydroxyl groups is 1. The second-order valence-corrected chi connectivity index (χ2v) is 6.29. The molecule has 4 aromatic rings. The third-order valence-electron chi connectivity index (χ3n) is 4.53. The molecule has 0 saturated heterocycles. The summed E-state index contributed by atoms with van der Waals surface area (Å²) in [6, 6.07) is 17.5. The first-order valence-electron chi connectivity index (χ1n) is 8.51. The number of aryl methyl sites for hydroxylation is 1. The number of nitrogens with zero attached hydrogens (tertiary/aromatic N) is 2. The number of hydrogen-bond acceptors (Lipinski definition) is 4. The van der Waals surface area contributed by atoms with Gasteiger partial charge in [0.15, 0.2) is 0 Å². The van der Waals surface area contributed by atoms with Gasteiger partial charge in [0.2, 0.25) is 5.91 Å². The molecule has 0 unspecified atom stereocenters. The molecule has 3 aromatic carbocycles. The number of anilines is 1. The highest BCUT2D eigenvalue weighted by molar-refractivity contribution is 6.04. The average molecular weight is 359 g/mol. The number of aromatic nitrogens is 2. The summed E-state index contributed by atoms with van der Waals surface area (Å²) in [7, 11) is 0. The van der Waals surface area contributed by atoms with Crippen molar-refractivity contribution in [3.8, 4) is 5.75 Å². The standard InChI is InChI=1S/C21H17N3O3/c1-13-22-17-9-5-4-8-16(17)21(27)24(13)12-20(26)23-18-10-11-19(25)15-7-3-2-6-14(15)18/h2-11,25H,12H2,1H3,(H,23,26). The second kappa shape index (κ2) is 6.57. The Balaban J connectivity index is 1.67. The predicted molar refractivity (Wildman–Crippen MR) is 105 cm³/mol. The molecule has 0 spiro atoms. The van der Waals surface area contributed by atoms with E-state index in [9.17, 15) is 14.7 Å². The Kier molecular flexibility index (Phi) is 4.08. The van der Waals surface area contributed by atoms with Crippen LogP contribution in [0.25, 0.3) is 21.7 Å². The lowest BCUT2D eigenvalue weighted by molar-refractivity contribution is -0.116. The Morgan fingerprint density at radius 1 is 1.00 bits per heavy atom. The zero-order valence-electron chi connectivity index (χ0n) is 14.6. The van der Waals surface area contributed by atoms with Crippen molar-refractivity contribution < 1.29 is 9.90 Å². The van der Waals surface area contributed by atoms with E-state index in [0.29, 0.717) is 27.8 Å². The van der Waals surface area contributed by atoms with Crippen LogP contribution in [0.1, 0.15) is 5.82 Å². The number of para-hydroxylation sites is 1. The number of carbonyl (C=O) groups excluding carboxylic acids is 1. The van der Waals surface area contributed by atoms with Crippen LogP contribution >= 0.6 is 0 Å². The highest BCUT2D eigenvalue weighted by Gasteiger charge is 2.13. The zero-order chi connectivity index (χ0) is 19.0. The molecule has 0 fully saturated rings. The Hall–Kier alpha value is -3.67. The number of benzene rings is 3. The predicted octanol–water partition coefficient (Wildman–Crippen LogP) is 3.20. The van der Waals surface area contributed by atoms with Gasteiger partial charge >= 0.3 is 0 Å². The number of fused-ring (bicyclic) bond motifs is 2. The highest BCUT2D eigenvalue weighted by atomic mass is 16.3. The lowest BCUT2D eigenvalue weighted by atomic mass is 10.1. The molecule has 0 radical (unpaired) electrons. The van der Waals surface area contributed by atoms with E-state index in [1.807, 2.05) is 24.3 Å². The smallest absolute Gasteiger partial charge is 0.261 e. The lowest BCUT2D eigenvalue weighted by Crippen LogP contribution is -2.30. The maximum atomic E-state index is 12.7. The van der Waals surface area contributed by atoms with Gasteiger partial charge in [-0.15, -0.1) is 0 Å². The van der Waals surface area contributed by atoms with Crippen molar-refractivity contribution in [3.63, 3.8) is 0 Å². The van der Waals surface area contributed by atoms with Gasteiger partial charge in [-0.1, -0.05) is 36.4 Å². The zero-order valence-corrected chi connectivity index (χ0v) is 14.6. The number of phenols is 1. The summed E-state index contributed by atoms with van der Waals surface area (Å²) in [5, 5.41) is 14.7. The molecule has 0 aliphatic heterocycles. The van der Waals surface area contributed by atoms with Crippen LogP contribution in [0.4, 0.5) is 5.69 Å². The summed E-state index contributed by atoms with van der Waals surface area (Å²) < 4.78 is 1.36. The third kappa shape index (κ3) is 3.01. The summed E-state index contributed by atoms with van der Waals surface area (Å²) in [6.07, 6.45) is 0. The molecule has 0 bridgehead atoms. The number of nitrogens with one attached hydrogen (secondary N) is 1. The SMILES string of the molecule is Cc1nc2ccccc2c(=O)n1CC(=O)Nc1ccc(O)c2ccccc12. The minimum atomic E-state index is -0.340. The largest absolute Gasteiger partial charge is 0.507 e. The first kappa shape index (κ1) is 16.8. The van der Waals surface area contributed by atoms with E-state index in [2.05, 4.69) is 10.3 Å². The fourth-order valence-electron chi connectivity index (χ4n) is 3.19. The number of rotatable bonds is 3. The van der Waals surface area contributed by atoms with Crippen LogP contribution in [0.3, 0.4) is 0 Å². The molecule has 6 nitrogen and oxygen atoms in total. The van der Waals surface area contributed by atoms with Crippen LogP contribution in [0.2, 0.25) is 0 Å². The maximum Gasteiger partial charge on any atom is 0.261 e. The van der Waals surface area contributed by atoms with E-state index < -0.39 is 0 Å². The van der Waals surface area contributed by atoms with E-state index in [1.165, 1.54) is 10.6 Å². The average Bonchev–Trinajstić information content (AvgIpc) is 2.67. The molecule has 1 heterocycles.